The number of Topliss-reactive ketones (excluding diaryl/α,β-unsaturated/α-hetero) is 1. The van der Waals surface area contributed by atoms with E-state index >= 15 is 0 Å². The Kier molecular flexibility index (Phi) is 5.28. The van der Waals surface area contributed by atoms with Crippen LogP contribution in [-0.4, -0.2) is 45.1 Å². The molecule has 4 N–H and O–H groups in total. The van der Waals surface area contributed by atoms with E-state index in [4.69, 9.17) is 5.11 Å². The molecule has 0 radical (unpaired) electrons. The van der Waals surface area contributed by atoms with Crippen LogP contribution in [-0.2, 0) is 4.79 Å². The van der Waals surface area contributed by atoms with Gasteiger partial charge in [0.25, 0.3) is 5.91 Å². The third kappa shape index (κ3) is 3.96. The van der Waals surface area contributed by atoms with E-state index in [1.807, 2.05) is 0 Å². The number of phenolic OH excluding ortho intramolecular Hbond substituents is 1. The van der Waals surface area contributed by atoms with Crippen molar-refractivity contribution < 1.29 is 29.7 Å². The average Bonchev–Trinajstić information content (AvgIpc) is 2.59. The number of carbonyl (C=O) groups excluding carboxylic acids is 2. The number of hydrogen-bond acceptors (Lipinski definition) is 5. The number of aromatic hydroxyl groups is 1. The van der Waals surface area contributed by atoms with Crippen molar-refractivity contribution in [3.63, 3.8) is 0 Å². The molecule has 0 aliphatic heterocycles. The standard InChI is InChI=1S/C17H15NO6/c19-12-8-4-7-11(9-12)14(20)13(15(21)17(23)24)18-16(22)10-5-2-1-3-6-10/h1-9,13,15,19,21H,(H,18,22)(H,23,24). The molecule has 24 heavy (non-hydrogen) atoms. The number of nitrogens with one attached hydrogen (secondary N) is 1. The van der Waals surface area contributed by atoms with Crippen LogP contribution in [0.25, 0.3) is 0 Å². The number of amides is 1. The molecule has 2 atom stereocenters. The molecule has 0 aromatic heterocycles. The van der Waals surface area contributed by atoms with E-state index in [1.165, 1.54) is 30.3 Å². The van der Waals surface area contributed by atoms with Crippen molar-refractivity contribution in [1.29, 1.82) is 0 Å². The zero-order chi connectivity index (χ0) is 17.7. The predicted octanol–water partition coefficient (Wildman–Crippen LogP) is 0.819. The van der Waals surface area contributed by atoms with Gasteiger partial charge < -0.3 is 20.6 Å². The first-order valence-corrected chi connectivity index (χ1v) is 7.00. The van der Waals surface area contributed by atoms with Crippen LogP contribution in [0.4, 0.5) is 0 Å². The number of phenols is 1. The smallest absolute Gasteiger partial charge is 0.335 e. The maximum Gasteiger partial charge on any atom is 0.335 e. The van der Waals surface area contributed by atoms with Gasteiger partial charge in [-0.3, -0.25) is 9.59 Å². The van der Waals surface area contributed by atoms with Crippen molar-refractivity contribution in [3.8, 4) is 5.75 Å². The quantitative estimate of drug-likeness (QED) is 0.582. The van der Waals surface area contributed by atoms with Crippen LogP contribution in [0.1, 0.15) is 20.7 Å². The Balaban J connectivity index is 2.30. The molecule has 7 heteroatoms. The summed E-state index contributed by atoms with van der Waals surface area (Å²) in [6.45, 7) is 0. The van der Waals surface area contributed by atoms with Gasteiger partial charge in [-0.1, -0.05) is 30.3 Å². The summed E-state index contributed by atoms with van der Waals surface area (Å²) in [5, 5.41) is 30.4. The fourth-order valence-electron chi connectivity index (χ4n) is 2.08. The lowest BCUT2D eigenvalue weighted by Crippen LogP contribution is -2.51. The molecule has 1 amide bonds. The van der Waals surface area contributed by atoms with Gasteiger partial charge in [-0.25, -0.2) is 4.79 Å². The minimum atomic E-state index is -2.13. The van der Waals surface area contributed by atoms with E-state index in [2.05, 4.69) is 5.32 Å². The van der Waals surface area contributed by atoms with E-state index in [0.29, 0.717) is 0 Å². The van der Waals surface area contributed by atoms with Gasteiger partial charge in [0.15, 0.2) is 11.9 Å². The van der Waals surface area contributed by atoms with Crippen LogP contribution in [0.15, 0.2) is 54.6 Å². The summed E-state index contributed by atoms with van der Waals surface area (Å²) >= 11 is 0. The second kappa shape index (κ2) is 7.38. The molecule has 0 aliphatic rings. The number of carboxylic acids is 1. The first-order chi connectivity index (χ1) is 11.4. The molecular formula is C17H15NO6. The molecule has 2 rings (SSSR count). The predicted molar refractivity (Wildman–Crippen MR) is 83.8 cm³/mol. The van der Waals surface area contributed by atoms with Gasteiger partial charge in [-0.2, -0.15) is 0 Å². The summed E-state index contributed by atoms with van der Waals surface area (Å²) in [5.41, 5.74) is 0.178. The number of aliphatic hydroxyl groups is 1. The van der Waals surface area contributed by atoms with Crippen molar-refractivity contribution in [2.75, 3.05) is 0 Å². The maximum absolute atomic E-state index is 12.5. The summed E-state index contributed by atoms with van der Waals surface area (Å²) in [5.74, 6) is -3.37. The first kappa shape index (κ1) is 17.2. The van der Waals surface area contributed by atoms with Crippen LogP contribution in [0, 0.1) is 0 Å². The molecule has 2 aromatic carbocycles. The highest BCUT2D eigenvalue weighted by Gasteiger charge is 2.34. The van der Waals surface area contributed by atoms with E-state index < -0.39 is 29.8 Å². The SMILES string of the molecule is O=C(NC(C(=O)c1cccc(O)c1)C(O)C(=O)O)c1ccccc1. The minimum absolute atomic E-state index is 0.0336. The summed E-state index contributed by atoms with van der Waals surface area (Å²) in [7, 11) is 0. The fourth-order valence-corrected chi connectivity index (χ4v) is 2.08. The van der Waals surface area contributed by atoms with Crippen molar-refractivity contribution in [1.82, 2.24) is 5.32 Å². The Labute approximate surface area is 137 Å². The summed E-state index contributed by atoms with van der Waals surface area (Å²) in [4.78, 5) is 35.7. The Bertz CT molecular complexity index is 759. The summed E-state index contributed by atoms with van der Waals surface area (Å²) in [6.07, 6.45) is -2.13. The van der Waals surface area contributed by atoms with E-state index in [0.717, 1.165) is 6.07 Å². The average molecular weight is 329 g/mol. The molecule has 124 valence electrons. The molecule has 0 heterocycles. The molecule has 0 saturated carbocycles. The topological polar surface area (TPSA) is 124 Å². The second-order valence-corrected chi connectivity index (χ2v) is 5.01. The zero-order valence-corrected chi connectivity index (χ0v) is 12.4. The lowest BCUT2D eigenvalue weighted by atomic mass is 9.98. The largest absolute Gasteiger partial charge is 0.508 e. The van der Waals surface area contributed by atoms with Crippen LogP contribution < -0.4 is 5.32 Å². The van der Waals surface area contributed by atoms with Crippen molar-refractivity contribution in [2.45, 2.75) is 12.1 Å². The van der Waals surface area contributed by atoms with Crippen LogP contribution in [0.5, 0.6) is 5.75 Å². The third-order valence-electron chi connectivity index (χ3n) is 3.30. The second-order valence-electron chi connectivity index (χ2n) is 5.01. The van der Waals surface area contributed by atoms with Gasteiger partial charge >= 0.3 is 5.97 Å². The zero-order valence-electron chi connectivity index (χ0n) is 12.4. The molecule has 0 saturated heterocycles. The number of hydrogen-bond donors (Lipinski definition) is 4. The van der Waals surface area contributed by atoms with Crippen LogP contribution in [0.2, 0.25) is 0 Å². The van der Waals surface area contributed by atoms with E-state index in [-0.39, 0.29) is 16.9 Å². The summed E-state index contributed by atoms with van der Waals surface area (Å²) in [6, 6.07) is 11.4. The number of carbonyl (C=O) groups is 3. The minimum Gasteiger partial charge on any atom is -0.508 e. The maximum atomic E-state index is 12.5. The molecular weight excluding hydrogens is 314 g/mol. The molecule has 0 bridgehead atoms. The molecule has 0 aliphatic carbocycles. The normalized spacial score (nSPS) is 12.9. The van der Waals surface area contributed by atoms with Crippen LogP contribution in [0.3, 0.4) is 0 Å². The number of rotatable bonds is 6. The van der Waals surface area contributed by atoms with Crippen molar-refractivity contribution in [3.05, 3.63) is 65.7 Å². The highest BCUT2D eigenvalue weighted by molar-refractivity contribution is 6.06. The van der Waals surface area contributed by atoms with Crippen molar-refractivity contribution in [2.24, 2.45) is 0 Å². The molecule has 2 unspecified atom stereocenters. The summed E-state index contributed by atoms with van der Waals surface area (Å²) < 4.78 is 0. The number of aliphatic hydroxyl groups excluding tert-OH is 1. The third-order valence-corrected chi connectivity index (χ3v) is 3.30. The Morgan fingerprint density at radius 1 is 0.917 bits per heavy atom. The first-order valence-electron chi connectivity index (χ1n) is 7.00. The number of ketones is 1. The van der Waals surface area contributed by atoms with E-state index in [1.54, 1.807) is 18.2 Å². The van der Waals surface area contributed by atoms with Gasteiger partial charge in [0.1, 0.15) is 11.8 Å². The monoisotopic (exact) mass is 329 g/mol. The number of aliphatic carboxylic acids is 1. The number of carboxylic acid groups (broad SMARTS) is 1. The Morgan fingerprint density at radius 2 is 1.54 bits per heavy atom. The lowest BCUT2D eigenvalue weighted by Gasteiger charge is -2.20. The molecule has 0 fully saturated rings. The highest BCUT2D eigenvalue weighted by Crippen LogP contribution is 2.14. The molecule has 2 aromatic rings. The highest BCUT2D eigenvalue weighted by atomic mass is 16.4. The van der Waals surface area contributed by atoms with Gasteiger partial charge in [0.05, 0.1) is 0 Å². The van der Waals surface area contributed by atoms with Gasteiger partial charge in [0, 0.05) is 11.1 Å². The van der Waals surface area contributed by atoms with E-state index in [9.17, 15) is 24.6 Å². The van der Waals surface area contributed by atoms with Crippen molar-refractivity contribution >= 4 is 17.7 Å². The van der Waals surface area contributed by atoms with Gasteiger partial charge in [0.2, 0.25) is 0 Å². The molecule has 0 spiro atoms. The Hall–Kier alpha value is -3.19. The lowest BCUT2D eigenvalue weighted by molar-refractivity contribution is -0.147. The van der Waals surface area contributed by atoms with Gasteiger partial charge in [-0.15, -0.1) is 0 Å². The molecule has 7 nitrogen and oxygen atoms in total. The Morgan fingerprint density at radius 3 is 2.12 bits per heavy atom. The van der Waals surface area contributed by atoms with Gasteiger partial charge in [-0.05, 0) is 24.3 Å². The number of benzene rings is 2. The van der Waals surface area contributed by atoms with Crippen LogP contribution >= 0.6 is 0 Å². The fraction of sp³-hybridized carbons (Fsp3) is 0.118.